The number of amides is 2. The molecule has 1 aromatic carbocycles. The highest BCUT2D eigenvalue weighted by molar-refractivity contribution is 6.08. The molecule has 5 heteroatoms. The average Bonchev–Trinajstić information content (AvgIpc) is 2.26. The van der Waals surface area contributed by atoms with E-state index in [1.807, 2.05) is 11.4 Å². The number of carboxylic acids is 1. The monoisotopic (exact) mass is 231 g/mol. The van der Waals surface area contributed by atoms with E-state index in [2.05, 4.69) is 11.8 Å². The third-order valence-electron chi connectivity index (χ3n) is 1.66. The molecule has 0 unspecified atom stereocenters. The smallest absolute Gasteiger partial charge is 0.312 e. The van der Waals surface area contributed by atoms with Crippen molar-refractivity contribution in [2.75, 3.05) is 0 Å². The van der Waals surface area contributed by atoms with Crippen LogP contribution in [0.4, 0.5) is 0 Å². The molecule has 0 fully saturated rings. The minimum absolute atomic E-state index is 0.633. The van der Waals surface area contributed by atoms with Crippen molar-refractivity contribution < 1.29 is 19.5 Å². The summed E-state index contributed by atoms with van der Waals surface area (Å²) in [6.07, 6.45) is -0.751. The maximum absolute atomic E-state index is 11.1. The van der Waals surface area contributed by atoms with Crippen LogP contribution in [0.1, 0.15) is 12.0 Å². The van der Waals surface area contributed by atoms with Crippen molar-refractivity contribution in [2.45, 2.75) is 6.42 Å². The Hall–Kier alpha value is -2.61. The van der Waals surface area contributed by atoms with Gasteiger partial charge in [-0.1, -0.05) is 24.1 Å². The molecule has 0 radical (unpaired) electrons. The van der Waals surface area contributed by atoms with Gasteiger partial charge in [-0.25, -0.2) is 0 Å². The molecule has 0 aliphatic carbocycles. The van der Waals surface area contributed by atoms with Crippen molar-refractivity contribution in [3.05, 3.63) is 35.9 Å². The highest BCUT2D eigenvalue weighted by atomic mass is 16.4. The van der Waals surface area contributed by atoms with Crippen LogP contribution < -0.4 is 5.32 Å². The molecule has 1 aromatic rings. The first-order valence-electron chi connectivity index (χ1n) is 4.70. The molecule has 1 rings (SSSR count). The summed E-state index contributed by atoms with van der Waals surface area (Å²) >= 11 is 0. The lowest BCUT2D eigenvalue weighted by Crippen LogP contribution is -2.30. The standard InChI is InChI=1S/C12H9NO4/c14-10(13-11(15)8-12(16)17)7-6-9-4-2-1-3-5-9/h1-5H,8H2,(H,16,17)(H,13,14,15). The van der Waals surface area contributed by atoms with Gasteiger partial charge in [-0.3, -0.25) is 19.7 Å². The van der Waals surface area contributed by atoms with Crippen molar-refractivity contribution >= 4 is 17.8 Å². The van der Waals surface area contributed by atoms with E-state index in [1.54, 1.807) is 24.3 Å². The number of rotatable bonds is 2. The van der Waals surface area contributed by atoms with Crippen LogP contribution in [-0.4, -0.2) is 22.9 Å². The predicted molar refractivity (Wildman–Crippen MR) is 58.7 cm³/mol. The minimum Gasteiger partial charge on any atom is -0.481 e. The molecule has 0 saturated heterocycles. The summed E-state index contributed by atoms with van der Waals surface area (Å²) in [7, 11) is 0. The zero-order valence-corrected chi connectivity index (χ0v) is 8.77. The molecule has 0 spiro atoms. The molecule has 5 nitrogen and oxygen atoms in total. The molecule has 2 amide bonds. The van der Waals surface area contributed by atoms with E-state index >= 15 is 0 Å². The van der Waals surface area contributed by atoms with Gasteiger partial charge in [-0.2, -0.15) is 0 Å². The fourth-order valence-electron chi connectivity index (χ4n) is 0.990. The van der Waals surface area contributed by atoms with E-state index in [-0.39, 0.29) is 0 Å². The third-order valence-corrected chi connectivity index (χ3v) is 1.66. The number of carboxylic acid groups (broad SMARTS) is 1. The molecular weight excluding hydrogens is 222 g/mol. The molecule has 0 atom stereocenters. The van der Waals surface area contributed by atoms with Gasteiger partial charge in [0.1, 0.15) is 6.42 Å². The van der Waals surface area contributed by atoms with Crippen LogP contribution in [0.2, 0.25) is 0 Å². The Kier molecular flexibility index (Phi) is 4.45. The summed E-state index contributed by atoms with van der Waals surface area (Å²) in [4.78, 5) is 32.2. The van der Waals surface area contributed by atoms with E-state index in [1.165, 1.54) is 0 Å². The van der Waals surface area contributed by atoms with Gasteiger partial charge in [0, 0.05) is 11.5 Å². The lowest BCUT2D eigenvalue weighted by molar-refractivity contribution is -0.141. The van der Waals surface area contributed by atoms with Gasteiger partial charge in [-0.05, 0) is 12.1 Å². The van der Waals surface area contributed by atoms with E-state index in [0.29, 0.717) is 5.56 Å². The number of hydrogen-bond acceptors (Lipinski definition) is 3. The van der Waals surface area contributed by atoms with Crippen LogP contribution >= 0.6 is 0 Å². The molecule has 2 N–H and O–H groups in total. The second-order valence-corrected chi connectivity index (χ2v) is 3.06. The van der Waals surface area contributed by atoms with E-state index in [4.69, 9.17) is 5.11 Å². The number of nitrogens with one attached hydrogen (secondary N) is 1. The van der Waals surface area contributed by atoms with Crippen molar-refractivity contribution in [1.82, 2.24) is 5.32 Å². The van der Waals surface area contributed by atoms with E-state index < -0.39 is 24.2 Å². The Labute approximate surface area is 97.4 Å². The highest BCUT2D eigenvalue weighted by Gasteiger charge is 2.09. The van der Waals surface area contributed by atoms with E-state index in [9.17, 15) is 14.4 Å². The summed E-state index contributed by atoms with van der Waals surface area (Å²) < 4.78 is 0. The minimum atomic E-state index is -1.30. The van der Waals surface area contributed by atoms with Crippen LogP contribution in [0.25, 0.3) is 0 Å². The molecule has 0 saturated carbocycles. The zero-order valence-electron chi connectivity index (χ0n) is 8.77. The Morgan fingerprint density at radius 1 is 1.18 bits per heavy atom. The summed E-state index contributed by atoms with van der Waals surface area (Å²) in [6.45, 7) is 0. The van der Waals surface area contributed by atoms with Gasteiger partial charge < -0.3 is 5.11 Å². The number of imide groups is 1. The third kappa shape index (κ3) is 5.14. The molecule has 0 aromatic heterocycles. The quantitative estimate of drug-likeness (QED) is 0.560. The Bertz CT molecular complexity index is 496. The lowest BCUT2D eigenvalue weighted by atomic mass is 10.2. The fourth-order valence-corrected chi connectivity index (χ4v) is 0.990. The SMILES string of the molecule is O=C(O)CC(=O)NC(=O)C#Cc1ccccc1. The van der Waals surface area contributed by atoms with Crippen molar-refractivity contribution in [1.29, 1.82) is 0 Å². The summed E-state index contributed by atoms with van der Waals surface area (Å²) in [5.74, 6) is 1.73. The summed E-state index contributed by atoms with van der Waals surface area (Å²) in [5.41, 5.74) is 0.633. The molecule has 17 heavy (non-hydrogen) atoms. The second-order valence-electron chi connectivity index (χ2n) is 3.06. The van der Waals surface area contributed by atoms with Crippen LogP contribution in [-0.2, 0) is 14.4 Å². The number of carbonyl (C=O) groups is 3. The lowest BCUT2D eigenvalue weighted by Gasteiger charge is -1.95. The molecule has 0 aliphatic heterocycles. The maximum Gasteiger partial charge on any atom is 0.312 e. The molecule has 0 aliphatic rings. The first-order chi connectivity index (χ1) is 8.08. The van der Waals surface area contributed by atoms with E-state index in [0.717, 1.165) is 0 Å². The van der Waals surface area contributed by atoms with Gasteiger partial charge in [0.25, 0.3) is 0 Å². The number of aliphatic carboxylic acids is 1. The van der Waals surface area contributed by atoms with Gasteiger partial charge in [0.15, 0.2) is 0 Å². The maximum atomic E-state index is 11.1. The Balaban J connectivity index is 2.54. The van der Waals surface area contributed by atoms with Gasteiger partial charge >= 0.3 is 11.9 Å². The number of carbonyl (C=O) groups excluding carboxylic acids is 2. The number of benzene rings is 1. The largest absolute Gasteiger partial charge is 0.481 e. The molecule has 86 valence electrons. The van der Waals surface area contributed by atoms with Gasteiger partial charge in [0.05, 0.1) is 0 Å². The van der Waals surface area contributed by atoms with Crippen LogP contribution in [0.3, 0.4) is 0 Å². The van der Waals surface area contributed by atoms with Crippen LogP contribution in [0.15, 0.2) is 30.3 Å². The Morgan fingerprint density at radius 2 is 1.82 bits per heavy atom. The summed E-state index contributed by atoms with van der Waals surface area (Å²) in [6, 6.07) is 8.75. The number of hydrogen-bond donors (Lipinski definition) is 2. The van der Waals surface area contributed by atoms with Crippen molar-refractivity contribution in [3.63, 3.8) is 0 Å². The highest BCUT2D eigenvalue weighted by Crippen LogP contribution is 1.94. The molecular formula is C12H9NO4. The molecule has 0 heterocycles. The second kappa shape index (κ2) is 6.08. The molecule has 0 bridgehead atoms. The van der Waals surface area contributed by atoms with Gasteiger partial charge in [-0.15, -0.1) is 0 Å². The van der Waals surface area contributed by atoms with Crippen LogP contribution in [0, 0.1) is 11.8 Å². The first kappa shape index (κ1) is 12.5. The Morgan fingerprint density at radius 3 is 2.41 bits per heavy atom. The van der Waals surface area contributed by atoms with Crippen molar-refractivity contribution in [3.8, 4) is 11.8 Å². The predicted octanol–water partition coefficient (Wildman–Crippen LogP) is 0.156. The first-order valence-corrected chi connectivity index (χ1v) is 4.70. The van der Waals surface area contributed by atoms with Crippen LogP contribution in [0.5, 0.6) is 0 Å². The zero-order chi connectivity index (χ0) is 12.7. The average molecular weight is 231 g/mol. The fraction of sp³-hybridized carbons (Fsp3) is 0.0833. The summed E-state index contributed by atoms with van der Waals surface area (Å²) in [5, 5.41) is 10.1. The van der Waals surface area contributed by atoms with Gasteiger partial charge in [0.2, 0.25) is 5.91 Å². The topological polar surface area (TPSA) is 83.5 Å². The van der Waals surface area contributed by atoms with Crippen molar-refractivity contribution in [2.24, 2.45) is 0 Å². The normalized spacial score (nSPS) is 8.71.